The molecule has 1 N–H and O–H groups in total. The highest BCUT2D eigenvalue weighted by molar-refractivity contribution is 14.1. The van der Waals surface area contributed by atoms with E-state index in [9.17, 15) is 4.79 Å². The second kappa shape index (κ2) is 6.93. The van der Waals surface area contributed by atoms with Crippen molar-refractivity contribution in [2.24, 2.45) is 0 Å². The van der Waals surface area contributed by atoms with Crippen molar-refractivity contribution in [3.8, 4) is 5.75 Å². The number of carbonyl (C=O) groups is 1. The van der Waals surface area contributed by atoms with Crippen LogP contribution in [0.25, 0.3) is 0 Å². The third-order valence-electron chi connectivity index (χ3n) is 3.32. The highest BCUT2D eigenvalue weighted by Crippen LogP contribution is 2.26. The number of amides is 1. The van der Waals surface area contributed by atoms with Gasteiger partial charge in [-0.15, -0.1) is 0 Å². The number of benzene rings is 2. The van der Waals surface area contributed by atoms with Gasteiger partial charge in [0.05, 0.1) is 18.7 Å². The molecule has 110 valence electrons. The molecule has 0 spiro atoms. The summed E-state index contributed by atoms with van der Waals surface area (Å²) in [5, 5.41) is 3.03. The zero-order valence-electron chi connectivity index (χ0n) is 12.3. The van der Waals surface area contributed by atoms with E-state index < -0.39 is 0 Å². The monoisotopic (exact) mass is 395 g/mol. The number of rotatable bonds is 4. The van der Waals surface area contributed by atoms with Crippen molar-refractivity contribution in [3.63, 3.8) is 0 Å². The smallest absolute Gasteiger partial charge is 0.252 e. The predicted octanol–water partition coefficient (Wildman–Crippen LogP) is 4.10. The zero-order valence-corrected chi connectivity index (χ0v) is 14.5. The summed E-state index contributed by atoms with van der Waals surface area (Å²) >= 11 is 2.17. The van der Waals surface area contributed by atoms with Crippen molar-refractivity contribution in [2.45, 2.75) is 19.9 Å². The molecular formula is C17H18INO2. The van der Waals surface area contributed by atoms with Crippen LogP contribution in [0.3, 0.4) is 0 Å². The van der Waals surface area contributed by atoms with Crippen molar-refractivity contribution in [2.75, 3.05) is 7.11 Å². The Morgan fingerprint density at radius 3 is 2.62 bits per heavy atom. The minimum atomic E-state index is -0.122. The lowest BCUT2D eigenvalue weighted by Crippen LogP contribution is -2.27. The van der Waals surface area contributed by atoms with E-state index in [0.717, 1.165) is 20.4 Å². The maximum absolute atomic E-state index is 12.4. The molecule has 0 radical (unpaired) electrons. The van der Waals surface area contributed by atoms with Gasteiger partial charge >= 0.3 is 0 Å². The number of hydrogen-bond donors (Lipinski definition) is 1. The van der Waals surface area contributed by atoms with Gasteiger partial charge in [-0.25, -0.2) is 0 Å². The molecule has 0 fully saturated rings. The largest absolute Gasteiger partial charge is 0.496 e. The summed E-state index contributed by atoms with van der Waals surface area (Å²) in [5.41, 5.74) is 2.81. The Labute approximate surface area is 138 Å². The standard InChI is InChI=1S/C17H18INO2/c1-11-8-9-16(21-3)14(10-11)12(2)19-17(20)13-6-4-5-7-15(13)18/h4-10,12H,1-3H3,(H,19,20). The SMILES string of the molecule is COc1ccc(C)cc1C(C)NC(=O)c1ccccc1I. The summed E-state index contributed by atoms with van der Waals surface area (Å²) in [5.74, 6) is 0.715. The van der Waals surface area contributed by atoms with Gasteiger partial charge in [0.2, 0.25) is 0 Å². The Hall–Kier alpha value is -1.56. The molecule has 1 atom stereocenters. The molecule has 0 saturated carbocycles. The van der Waals surface area contributed by atoms with Crippen LogP contribution < -0.4 is 10.1 Å². The Kier molecular flexibility index (Phi) is 5.22. The van der Waals surface area contributed by atoms with Crippen LogP contribution in [0.2, 0.25) is 0 Å². The summed E-state index contributed by atoms with van der Waals surface area (Å²) < 4.78 is 6.32. The maximum atomic E-state index is 12.4. The van der Waals surface area contributed by atoms with E-state index in [-0.39, 0.29) is 11.9 Å². The molecule has 1 unspecified atom stereocenters. The van der Waals surface area contributed by atoms with Crippen molar-refractivity contribution in [1.29, 1.82) is 0 Å². The topological polar surface area (TPSA) is 38.3 Å². The minimum absolute atomic E-state index is 0.0731. The lowest BCUT2D eigenvalue weighted by atomic mass is 10.0. The number of halogens is 1. The predicted molar refractivity (Wildman–Crippen MR) is 92.8 cm³/mol. The summed E-state index contributed by atoms with van der Waals surface area (Å²) in [4.78, 5) is 12.4. The van der Waals surface area contributed by atoms with Crippen LogP contribution in [0.4, 0.5) is 0 Å². The van der Waals surface area contributed by atoms with Crippen LogP contribution in [0.15, 0.2) is 42.5 Å². The fourth-order valence-electron chi connectivity index (χ4n) is 2.19. The molecule has 0 aromatic heterocycles. The number of nitrogens with one attached hydrogen (secondary N) is 1. The second-order valence-corrected chi connectivity index (χ2v) is 6.08. The molecule has 3 nitrogen and oxygen atoms in total. The van der Waals surface area contributed by atoms with Crippen LogP contribution in [-0.2, 0) is 0 Å². The van der Waals surface area contributed by atoms with Crippen molar-refractivity contribution in [1.82, 2.24) is 5.32 Å². The fourth-order valence-corrected chi connectivity index (χ4v) is 2.82. The molecule has 4 heteroatoms. The quantitative estimate of drug-likeness (QED) is 0.792. The van der Waals surface area contributed by atoms with Gasteiger partial charge in [-0.05, 0) is 54.6 Å². The first kappa shape index (κ1) is 15.8. The molecule has 1 amide bonds. The number of aryl methyl sites for hydroxylation is 1. The van der Waals surface area contributed by atoms with E-state index in [0.29, 0.717) is 5.56 Å². The minimum Gasteiger partial charge on any atom is -0.496 e. The average Bonchev–Trinajstić information content (AvgIpc) is 2.47. The molecular weight excluding hydrogens is 377 g/mol. The Morgan fingerprint density at radius 1 is 1.24 bits per heavy atom. The van der Waals surface area contributed by atoms with Gasteiger partial charge in [0, 0.05) is 9.13 Å². The third-order valence-corrected chi connectivity index (χ3v) is 4.26. The number of hydrogen-bond acceptors (Lipinski definition) is 2. The van der Waals surface area contributed by atoms with Crippen molar-refractivity contribution >= 4 is 28.5 Å². The zero-order chi connectivity index (χ0) is 15.4. The molecule has 2 rings (SSSR count). The molecule has 0 aliphatic rings. The summed E-state index contributed by atoms with van der Waals surface area (Å²) in [6.45, 7) is 3.99. The maximum Gasteiger partial charge on any atom is 0.252 e. The van der Waals surface area contributed by atoms with E-state index in [1.165, 1.54) is 0 Å². The number of ether oxygens (including phenoxy) is 1. The first-order valence-electron chi connectivity index (χ1n) is 6.73. The highest BCUT2D eigenvalue weighted by atomic mass is 127. The lowest BCUT2D eigenvalue weighted by Gasteiger charge is -2.18. The van der Waals surface area contributed by atoms with Gasteiger partial charge in [-0.3, -0.25) is 4.79 Å². The first-order chi connectivity index (χ1) is 10.0. The van der Waals surface area contributed by atoms with Gasteiger partial charge in [-0.2, -0.15) is 0 Å². The molecule has 21 heavy (non-hydrogen) atoms. The lowest BCUT2D eigenvalue weighted by molar-refractivity contribution is 0.0938. The molecule has 0 heterocycles. The summed E-state index contributed by atoms with van der Waals surface area (Å²) in [7, 11) is 1.64. The van der Waals surface area contributed by atoms with E-state index >= 15 is 0 Å². The number of methoxy groups -OCH3 is 1. The van der Waals surface area contributed by atoms with Crippen LogP contribution in [0.1, 0.15) is 34.5 Å². The van der Waals surface area contributed by atoms with Crippen LogP contribution in [-0.4, -0.2) is 13.0 Å². The van der Waals surface area contributed by atoms with Crippen LogP contribution in [0.5, 0.6) is 5.75 Å². The molecule has 0 aliphatic heterocycles. The van der Waals surface area contributed by atoms with Gasteiger partial charge in [0.15, 0.2) is 0 Å². The average molecular weight is 395 g/mol. The van der Waals surface area contributed by atoms with Gasteiger partial charge in [0.1, 0.15) is 5.75 Å². The first-order valence-corrected chi connectivity index (χ1v) is 7.80. The summed E-state index contributed by atoms with van der Waals surface area (Å²) in [6.07, 6.45) is 0. The fraction of sp³-hybridized carbons (Fsp3) is 0.235. The third kappa shape index (κ3) is 3.75. The highest BCUT2D eigenvalue weighted by Gasteiger charge is 2.16. The van der Waals surface area contributed by atoms with Crippen LogP contribution >= 0.6 is 22.6 Å². The molecule has 0 saturated heterocycles. The molecule has 2 aromatic carbocycles. The second-order valence-electron chi connectivity index (χ2n) is 4.92. The molecule has 0 aliphatic carbocycles. The van der Waals surface area contributed by atoms with E-state index in [2.05, 4.69) is 27.9 Å². The Morgan fingerprint density at radius 2 is 1.95 bits per heavy atom. The molecule has 0 bridgehead atoms. The number of carbonyl (C=O) groups excluding carboxylic acids is 1. The summed E-state index contributed by atoms with van der Waals surface area (Å²) in [6, 6.07) is 13.4. The molecule has 2 aromatic rings. The Bertz CT molecular complexity index is 655. The van der Waals surface area contributed by atoms with Gasteiger partial charge < -0.3 is 10.1 Å². The van der Waals surface area contributed by atoms with Crippen LogP contribution in [0, 0.1) is 10.5 Å². The normalized spacial score (nSPS) is 11.8. The Balaban J connectivity index is 2.22. The van der Waals surface area contributed by atoms with E-state index in [4.69, 9.17) is 4.74 Å². The van der Waals surface area contributed by atoms with Gasteiger partial charge in [-0.1, -0.05) is 29.8 Å². The van der Waals surface area contributed by atoms with Crippen molar-refractivity contribution in [3.05, 3.63) is 62.7 Å². The van der Waals surface area contributed by atoms with Gasteiger partial charge in [0.25, 0.3) is 5.91 Å². The van der Waals surface area contributed by atoms with E-state index in [1.807, 2.05) is 56.3 Å². The van der Waals surface area contributed by atoms with E-state index in [1.54, 1.807) is 7.11 Å². The van der Waals surface area contributed by atoms with Crippen molar-refractivity contribution < 1.29 is 9.53 Å².